The highest BCUT2D eigenvalue weighted by Gasteiger charge is 2.25. The number of hydrogen-bond donors (Lipinski definition) is 0. The fourth-order valence-electron chi connectivity index (χ4n) is 2.24. The summed E-state index contributed by atoms with van der Waals surface area (Å²) < 4.78 is 11.9. The molecule has 1 aliphatic rings. The Morgan fingerprint density at radius 2 is 2.39 bits per heavy atom. The third-order valence-corrected chi connectivity index (χ3v) is 3.15. The smallest absolute Gasteiger partial charge is 0.360 e. The molecule has 2 heterocycles. The van der Waals surface area contributed by atoms with E-state index in [1.165, 1.54) is 7.11 Å². The molecule has 0 radical (unpaired) electrons. The van der Waals surface area contributed by atoms with Gasteiger partial charge in [-0.3, -0.25) is 0 Å². The Morgan fingerprint density at radius 3 is 2.94 bits per heavy atom. The molecule has 6 heteroatoms. The maximum atomic E-state index is 11.6. The molecule has 0 aliphatic carbocycles. The number of carbonyl (C=O) groups is 1. The fourth-order valence-corrected chi connectivity index (χ4v) is 2.24. The molecule has 1 unspecified atom stereocenters. The van der Waals surface area contributed by atoms with Gasteiger partial charge in [0.2, 0.25) is 0 Å². The van der Waals surface area contributed by atoms with E-state index >= 15 is 0 Å². The SMILES string of the molecule is COC(=O)c1nnn(CC2CCOC2)c1C(C)C. The standard InChI is InChI=1S/C12H19N3O3/c1-8(2)11-10(12(16)17-3)13-14-15(11)6-9-4-5-18-7-9/h8-9H,4-7H2,1-3H3. The topological polar surface area (TPSA) is 66.2 Å². The summed E-state index contributed by atoms with van der Waals surface area (Å²) in [5, 5.41) is 8.03. The van der Waals surface area contributed by atoms with E-state index in [1.807, 2.05) is 18.5 Å². The lowest BCUT2D eigenvalue weighted by atomic mass is 10.1. The maximum absolute atomic E-state index is 11.6. The third kappa shape index (κ3) is 2.53. The molecule has 1 saturated heterocycles. The molecule has 1 aromatic heterocycles. The second-order valence-corrected chi connectivity index (χ2v) is 4.88. The Morgan fingerprint density at radius 1 is 1.61 bits per heavy atom. The van der Waals surface area contributed by atoms with Gasteiger partial charge < -0.3 is 9.47 Å². The zero-order chi connectivity index (χ0) is 13.1. The average Bonchev–Trinajstić information content (AvgIpc) is 2.97. The van der Waals surface area contributed by atoms with Crippen molar-refractivity contribution in [3.8, 4) is 0 Å². The van der Waals surface area contributed by atoms with E-state index in [2.05, 4.69) is 10.3 Å². The van der Waals surface area contributed by atoms with Crippen molar-refractivity contribution in [2.24, 2.45) is 5.92 Å². The van der Waals surface area contributed by atoms with Crippen molar-refractivity contribution in [3.05, 3.63) is 11.4 Å². The molecular formula is C12H19N3O3. The second-order valence-electron chi connectivity index (χ2n) is 4.88. The van der Waals surface area contributed by atoms with Gasteiger partial charge in [-0.2, -0.15) is 0 Å². The fraction of sp³-hybridized carbons (Fsp3) is 0.750. The summed E-state index contributed by atoms with van der Waals surface area (Å²) in [5.41, 5.74) is 1.17. The summed E-state index contributed by atoms with van der Waals surface area (Å²) in [6, 6.07) is 0. The van der Waals surface area contributed by atoms with Crippen molar-refractivity contribution in [2.75, 3.05) is 20.3 Å². The maximum Gasteiger partial charge on any atom is 0.360 e. The van der Waals surface area contributed by atoms with Gasteiger partial charge in [-0.15, -0.1) is 5.10 Å². The van der Waals surface area contributed by atoms with Crippen LogP contribution in [-0.4, -0.2) is 41.3 Å². The predicted octanol–water partition coefficient (Wildman–Crippen LogP) is 1.22. The minimum Gasteiger partial charge on any atom is -0.464 e. The summed E-state index contributed by atoms with van der Waals surface area (Å²) in [4.78, 5) is 11.6. The van der Waals surface area contributed by atoms with Gasteiger partial charge in [-0.25, -0.2) is 9.48 Å². The lowest BCUT2D eigenvalue weighted by molar-refractivity contribution is 0.0592. The number of methoxy groups -OCH3 is 1. The molecule has 0 bridgehead atoms. The molecule has 0 aromatic carbocycles. The van der Waals surface area contributed by atoms with E-state index in [9.17, 15) is 4.79 Å². The molecule has 18 heavy (non-hydrogen) atoms. The molecule has 1 fully saturated rings. The van der Waals surface area contributed by atoms with Crippen LogP contribution in [-0.2, 0) is 16.0 Å². The first kappa shape index (κ1) is 13.0. The van der Waals surface area contributed by atoms with Crippen molar-refractivity contribution in [1.29, 1.82) is 0 Å². The van der Waals surface area contributed by atoms with Crippen LogP contribution in [0.25, 0.3) is 0 Å². The van der Waals surface area contributed by atoms with Crippen LogP contribution < -0.4 is 0 Å². The molecule has 1 atom stereocenters. The van der Waals surface area contributed by atoms with Gasteiger partial charge in [-0.05, 0) is 12.3 Å². The molecule has 0 N–H and O–H groups in total. The van der Waals surface area contributed by atoms with E-state index in [0.717, 1.165) is 31.9 Å². The number of rotatable bonds is 4. The summed E-state index contributed by atoms with van der Waals surface area (Å²) in [6.07, 6.45) is 1.03. The van der Waals surface area contributed by atoms with Gasteiger partial charge in [0.1, 0.15) is 0 Å². The monoisotopic (exact) mass is 253 g/mol. The molecule has 100 valence electrons. The summed E-state index contributed by atoms with van der Waals surface area (Å²) >= 11 is 0. The molecular weight excluding hydrogens is 234 g/mol. The Hall–Kier alpha value is -1.43. The van der Waals surface area contributed by atoms with Crippen molar-refractivity contribution in [1.82, 2.24) is 15.0 Å². The lowest BCUT2D eigenvalue weighted by Crippen LogP contribution is -2.16. The molecule has 6 nitrogen and oxygen atoms in total. The number of hydrogen-bond acceptors (Lipinski definition) is 5. The van der Waals surface area contributed by atoms with Crippen LogP contribution in [0.15, 0.2) is 0 Å². The number of carbonyl (C=O) groups excluding carboxylic acids is 1. The van der Waals surface area contributed by atoms with E-state index in [1.54, 1.807) is 0 Å². The number of aromatic nitrogens is 3. The predicted molar refractivity (Wildman–Crippen MR) is 64.4 cm³/mol. The number of esters is 1. The molecule has 0 amide bonds. The van der Waals surface area contributed by atoms with Gasteiger partial charge >= 0.3 is 5.97 Å². The highest BCUT2D eigenvalue weighted by molar-refractivity contribution is 5.88. The average molecular weight is 253 g/mol. The van der Waals surface area contributed by atoms with Crippen LogP contribution in [0.1, 0.15) is 42.4 Å². The first-order chi connectivity index (χ1) is 8.63. The van der Waals surface area contributed by atoms with Gasteiger partial charge in [0.15, 0.2) is 5.69 Å². The second kappa shape index (κ2) is 5.48. The highest BCUT2D eigenvalue weighted by Crippen LogP contribution is 2.21. The molecule has 0 saturated carbocycles. The first-order valence-electron chi connectivity index (χ1n) is 6.23. The van der Waals surface area contributed by atoms with Crippen molar-refractivity contribution in [2.45, 2.75) is 32.7 Å². The lowest BCUT2D eigenvalue weighted by Gasteiger charge is -2.13. The Kier molecular flexibility index (Phi) is 3.96. The summed E-state index contributed by atoms with van der Waals surface area (Å²) in [7, 11) is 1.36. The van der Waals surface area contributed by atoms with E-state index in [-0.39, 0.29) is 5.92 Å². The molecule has 1 aliphatic heterocycles. The first-order valence-corrected chi connectivity index (χ1v) is 6.23. The van der Waals surface area contributed by atoms with Gasteiger partial charge in [-0.1, -0.05) is 19.1 Å². The summed E-state index contributed by atoms with van der Waals surface area (Å²) in [5.74, 6) is 0.207. The highest BCUT2D eigenvalue weighted by atomic mass is 16.5. The van der Waals surface area contributed by atoms with Gasteiger partial charge in [0, 0.05) is 19.1 Å². The van der Waals surface area contributed by atoms with E-state index < -0.39 is 5.97 Å². The number of nitrogens with zero attached hydrogens (tertiary/aromatic N) is 3. The largest absolute Gasteiger partial charge is 0.464 e. The third-order valence-electron chi connectivity index (χ3n) is 3.15. The summed E-state index contributed by atoms with van der Waals surface area (Å²) in [6.45, 7) is 6.35. The van der Waals surface area contributed by atoms with Crippen LogP contribution in [0.3, 0.4) is 0 Å². The van der Waals surface area contributed by atoms with Crippen molar-refractivity contribution in [3.63, 3.8) is 0 Å². The van der Waals surface area contributed by atoms with Crippen LogP contribution >= 0.6 is 0 Å². The van der Waals surface area contributed by atoms with Gasteiger partial charge in [0.05, 0.1) is 19.4 Å². The van der Waals surface area contributed by atoms with Crippen LogP contribution in [0, 0.1) is 5.92 Å². The van der Waals surface area contributed by atoms with E-state index in [4.69, 9.17) is 9.47 Å². The number of ether oxygens (including phenoxy) is 2. The van der Waals surface area contributed by atoms with Crippen molar-refractivity contribution >= 4 is 5.97 Å². The van der Waals surface area contributed by atoms with Crippen molar-refractivity contribution < 1.29 is 14.3 Å². The Bertz CT molecular complexity index is 422. The Labute approximate surface area is 106 Å². The minimum atomic E-state index is -0.423. The molecule has 0 spiro atoms. The van der Waals surface area contributed by atoms with Crippen LogP contribution in [0.2, 0.25) is 0 Å². The Balaban J connectivity index is 2.23. The minimum absolute atomic E-state index is 0.177. The molecule has 2 rings (SSSR count). The van der Waals surface area contributed by atoms with Crippen LogP contribution in [0.4, 0.5) is 0 Å². The quantitative estimate of drug-likeness (QED) is 0.755. The van der Waals surface area contributed by atoms with Crippen LogP contribution in [0.5, 0.6) is 0 Å². The normalized spacial score (nSPS) is 19.4. The molecule has 1 aromatic rings. The zero-order valence-electron chi connectivity index (χ0n) is 11.0. The zero-order valence-corrected chi connectivity index (χ0v) is 11.0. The van der Waals surface area contributed by atoms with Gasteiger partial charge in [0.25, 0.3) is 0 Å². The van der Waals surface area contributed by atoms with E-state index in [0.29, 0.717) is 11.6 Å².